The highest BCUT2D eigenvalue weighted by Gasteiger charge is 2.20. The Hall–Kier alpha value is -2.23. The predicted octanol–water partition coefficient (Wildman–Crippen LogP) is 2.96. The van der Waals surface area contributed by atoms with Gasteiger partial charge < -0.3 is 9.47 Å². The molecule has 0 aliphatic rings. The highest BCUT2D eigenvalue weighted by molar-refractivity contribution is 7.89. The minimum absolute atomic E-state index is 0.0592. The molecule has 0 saturated heterocycles. The molecule has 0 saturated carbocycles. The lowest BCUT2D eigenvalue weighted by Gasteiger charge is -2.16. The Bertz CT molecular complexity index is 1100. The Balaban J connectivity index is 1.79. The fourth-order valence-corrected chi connectivity index (χ4v) is 4.89. The van der Waals surface area contributed by atoms with Gasteiger partial charge in [0.1, 0.15) is 5.82 Å². The van der Waals surface area contributed by atoms with Crippen molar-refractivity contribution in [1.29, 1.82) is 0 Å². The summed E-state index contributed by atoms with van der Waals surface area (Å²) in [7, 11) is 1.31. The molecule has 1 aromatic carbocycles. The summed E-state index contributed by atoms with van der Waals surface area (Å²) in [4.78, 5) is 20.3. The largest absolute Gasteiger partial charge is 0.341 e. The number of fused-ring (bicyclic) bond motifs is 1. The molecule has 0 unspecified atom stereocenters. The van der Waals surface area contributed by atoms with E-state index in [-0.39, 0.29) is 10.8 Å². The third-order valence-electron chi connectivity index (χ3n) is 4.85. The van der Waals surface area contributed by atoms with E-state index in [2.05, 4.69) is 4.98 Å². The molecule has 7 nitrogen and oxygen atoms in total. The van der Waals surface area contributed by atoms with Gasteiger partial charge in [-0.2, -0.15) is 0 Å². The van der Waals surface area contributed by atoms with Gasteiger partial charge in [-0.05, 0) is 36.6 Å². The summed E-state index contributed by atoms with van der Waals surface area (Å²) in [6.07, 6.45) is 0.861. The van der Waals surface area contributed by atoms with E-state index in [1.165, 1.54) is 18.4 Å². The van der Waals surface area contributed by atoms with Gasteiger partial charge in [0.05, 0.1) is 22.5 Å². The lowest BCUT2D eigenvalue weighted by atomic mass is 10.2. The second kappa shape index (κ2) is 8.64. The molecule has 156 valence electrons. The van der Waals surface area contributed by atoms with Crippen molar-refractivity contribution in [3.63, 3.8) is 0 Å². The number of amides is 1. The minimum atomic E-state index is -3.52. The topological polar surface area (TPSA) is 75.5 Å². The van der Waals surface area contributed by atoms with Crippen molar-refractivity contribution >= 4 is 38.3 Å². The monoisotopic (exact) mass is 434 g/mol. The molecule has 2 heterocycles. The number of aryl methyl sites for hydroxylation is 2. The third kappa shape index (κ3) is 4.52. The summed E-state index contributed by atoms with van der Waals surface area (Å²) >= 11 is 1.63. The zero-order chi connectivity index (χ0) is 21.2. The number of imidazole rings is 1. The molecule has 0 spiro atoms. The minimum Gasteiger partial charge on any atom is -0.341 e. The van der Waals surface area contributed by atoms with Crippen LogP contribution in [0.25, 0.3) is 11.0 Å². The van der Waals surface area contributed by atoms with Crippen LogP contribution in [0.3, 0.4) is 0 Å². The highest BCUT2D eigenvalue weighted by atomic mass is 32.2. The van der Waals surface area contributed by atoms with Crippen LogP contribution in [0.2, 0.25) is 0 Å². The SMILES string of the molecule is CCn1c(CCC(=O)N(C)Cc2cccs2)nc2cc(S(=O)(=O)N(C)C)ccc21. The van der Waals surface area contributed by atoms with Crippen molar-refractivity contribution in [3.05, 3.63) is 46.4 Å². The van der Waals surface area contributed by atoms with Gasteiger partial charge in [-0.15, -0.1) is 11.3 Å². The van der Waals surface area contributed by atoms with Gasteiger partial charge in [-0.25, -0.2) is 17.7 Å². The summed E-state index contributed by atoms with van der Waals surface area (Å²) in [6.45, 7) is 3.32. The number of carbonyl (C=O) groups excluding carboxylic acids is 1. The lowest BCUT2D eigenvalue weighted by molar-refractivity contribution is -0.130. The van der Waals surface area contributed by atoms with Gasteiger partial charge in [-0.3, -0.25) is 4.79 Å². The van der Waals surface area contributed by atoms with Crippen LogP contribution in [0, 0.1) is 0 Å². The number of hydrogen-bond acceptors (Lipinski definition) is 5. The first-order valence-corrected chi connectivity index (χ1v) is 11.7. The number of thiophene rings is 1. The van der Waals surface area contributed by atoms with E-state index in [1.807, 2.05) is 36.1 Å². The number of benzene rings is 1. The number of aromatic nitrogens is 2. The maximum atomic E-state index is 12.5. The van der Waals surface area contributed by atoms with E-state index in [0.29, 0.717) is 31.4 Å². The predicted molar refractivity (Wildman–Crippen MR) is 115 cm³/mol. The molecular formula is C20H26N4O3S2. The van der Waals surface area contributed by atoms with Crippen molar-refractivity contribution in [3.8, 4) is 0 Å². The van der Waals surface area contributed by atoms with E-state index in [1.54, 1.807) is 34.4 Å². The zero-order valence-corrected chi connectivity index (χ0v) is 18.8. The molecule has 0 fully saturated rings. The molecule has 0 bridgehead atoms. The lowest BCUT2D eigenvalue weighted by Crippen LogP contribution is -2.26. The summed E-state index contributed by atoms with van der Waals surface area (Å²) in [5, 5.41) is 2.00. The van der Waals surface area contributed by atoms with E-state index in [4.69, 9.17) is 0 Å². The Kier molecular flexibility index (Phi) is 6.40. The van der Waals surface area contributed by atoms with E-state index >= 15 is 0 Å². The van der Waals surface area contributed by atoms with Crippen LogP contribution in [0.1, 0.15) is 24.0 Å². The van der Waals surface area contributed by atoms with Crippen LogP contribution in [0.4, 0.5) is 0 Å². The molecule has 0 aliphatic carbocycles. The molecule has 1 amide bonds. The van der Waals surface area contributed by atoms with E-state index < -0.39 is 10.0 Å². The maximum absolute atomic E-state index is 12.5. The second-order valence-corrected chi connectivity index (χ2v) is 10.2. The highest BCUT2D eigenvalue weighted by Crippen LogP contribution is 2.23. The molecular weight excluding hydrogens is 408 g/mol. The van der Waals surface area contributed by atoms with E-state index in [9.17, 15) is 13.2 Å². The molecule has 0 N–H and O–H groups in total. The first kappa shape index (κ1) is 21.5. The van der Waals surface area contributed by atoms with Crippen LogP contribution in [-0.4, -0.2) is 54.2 Å². The van der Waals surface area contributed by atoms with Crippen LogP contribution < -0.4 is 0 Å². The fraction of sp³-hybridized carbons (Fsp3) is 0.400. The molecule has 29 heavy (non-hydrogen) atoms. The summed E-state index contributed by atoms with van der Waals surface area (Å²) < 4.78 is 28.0. The third-order valence-corrected chi connectivity index (χ3v) is 7.53. The molecule has 0 radical (unpaired) electrons. The summed E-state index contributed by atoms with van der Waals surface area (Å²) in [5.74, 6) is 0.851. The van der Waals surface area contributed by atoms with Gasteiger partial charge in [0.2, 0.25) is 15.9 Å². The number of sulfonamides is 1. The normalized spacial score (nSPS) is 12.0. The van der Waals surface area contributed by atoms with E-state index in [0.717, 1.165) is 16.2 Å². The Morgan fingerprint density at radius 1 is 1.21 bits per heavy atom. The van der Waals surface area contributed by atoms with Gasteiger partial charge >= 0.3 is 0 Å². The van der Waals surface area contributed by atoms with Crippen LogP contribution in [0.15, 0.2) is 40.6 Å². The number of rotatable bonds is 8. The molecule has 0 atom stereocenters. The van der Waals surface area contributed by atoms with Gasteiger partial charge in [0, 0.05) is 45.4 Å². The molecule has 9 heteroatoms. The number of hydrogen-bond donors (Lipinski definition) is 0. The Morgan fingerprint density at radius 2 is 1.97 bits per heavy atom. The zero-order valence-electron chi connectivity index (χ0n) is 17.1. The molecule has 2 aromatic heterocycles. The van der Waals surface area contributed by atoms with Gasteiger partial charge in [-0.1, -0.05) is 6.07 Å². The average Bonchev–Trinajstić information content (AvgIpc) is 3.31. The second-order valence-electron chi connectivity index (χ2n) is 7.04. The first-order chi connectivity index (χ1) is 13.7. The molecule has 3 rings (SSSR count). The van der Waals surface area contributed by atoms with Crippen molar-refractivity contribution in [2.45, 2.75) is 37.8 Å². The van der Waals surface area contributed by atoms with Crippen LogP contribution in [-0.2, 0) is 34.3 Å². The Morgan fingerprint density at radius 3 is 2.59 bits per heavy atom. The van der Waals surface area contributed by atoms with Crippen LogP contribution in [0.5, 0.6) is 0 Å². The summed E-state index contributed by atoms with van der Waals surface area (Å²) in [6, 6.07) is 8.99. The maximum Gasteiger partial charge on any atom is 0.242 e. The Labute approximate surface area is 175 Å². The van der Waals surface area contributed by atoms with Crippen molar-refractivity contribution in [1.82, 2.24) is 18.8 Å². The fourth-order valence-electron chi connectivity index (χ4n) is 3.21. The van der Waals surface area contributed by atoms with Crippen molar-refractivity contribution in [2.24, 2.45) is 0 Å². The quantitative estimate of drug-likeness (QED) is 0.546. The molecule has 0 aliphatic heterocycles. The standard InChI is InChI=1S/C20H26N4O3S2/c1-5-24-18-9-8-16(29(26,27)22(2)3)13-17(18)21-19(24)10-11-20(25)23(4)14-15-7-6-12-28-15/h6-9,12-13H,5,10-11,14H2,1-4H3. The van der Waals surface area contributed by atoms with Crippen LogP contribution >= 0.6 is 11.3 Å². The number of carbonyl (C=O) groups is 1. The van der Waals surface area contributed by atoms with Crippen molar-refractivity contribution in [2.75, 3.05) is 21.1 Å². The number of nitrogens with zero attached hydrogens (tertiary/aromatic N) is 4. The van der Waals surface area contributed by atoms with Crippen molar-refractivity contribution < 1.29 is 13.2 Å². The van der Waals surface area contributed by atoms with Gasteiger partial charge in [0.25, 0.3) is 0 Å². The average molecular weight is 435 g/mol. The summed E-state index contributed by atoms with van der Waals surface area (Å²) in [5.41, 5.74) is 1.50. The van der Waals surface area contributed by atoms with Gasteiger partial charge in [0.15, 0.2) is 0 Å². The molecule has 3 aromatic rings. The first-order valence-electron chi connectivity index (χ1n) is 9.42. The smallest absolute Gasteiger partial charge is 0.242 e.